The SMILES string of the molecule is CC(C)[C@@]1([C@H]2C[C@@H]([C@H]3C(=O)C[C@H]4C5=CC[C@H]6C[C@@H](O)CC[C@]6(C)C5=CC[C@]34C)C(=O)O2)O[C@H]1C. The van der Waals surface area contributed by atoms with Crippen LogP contribution in [0.15, 0.2) is 23.3 Å². The summed E-state index contributed by atoms with van der Waals surface area (Å²) in [5.41, 5.74) is 2.24. The maximum absolute atomic E-state index is 13.6. The number of epoxide rings is 1. The van der Waals surface area contributed by atoms with E-state index in [-0.39, 0.29) is 64.6 Å². The van der Waals surface area contributed by atoms with Gasteiger partial charge in [0.15, 0.2) is 0 Å². The Morgan fingerprint density at radius 1 is 1.15 bits per heavy atom. The van der Waals surface area contributed by atoms with Crippen LogP contribution in [0.5, 0.6) is 0 Å². The summed E-state index contributed by atoms with van der Waals surface area (Å²) in [6.07, 6.45) is 10.1. The van der Waals surface area contributed by atoms with Gasteiger partial charge < -0.3 is 14.6 Å². The first-order valence-electron chi connectivity index (χ1n) is 13.5. The van der Waals surface area contributed by atoms with E-state index in [0.717, 1.165) is 32.1 Å². The van der Waals surface area contributed by atoms with Crippen molar-refractivity contribution in [1.82, 2.24) is 0 Å². The lowest BCUT2D eigenvalue weighted by atomic mass is 9.51. The number of carbonyl (C=O) groups excluding carboxylic acids is 2. The van der Waals surface area contributed by atoms with Crippen LogP contribution in [0.3, 0.4) is 0 Å². The number of ether oxygens (including phenoxy) is 2. The quantitative estimate of drug-likeness (QED) is 0.477. The zero-order chi connectivity index (χ0) is 24.2. The van der Waals surface area contributed by atoms with Gasteiger partial charge in [-0.3, -0.25) is 9.59 Å². The second-order valence-corrected chi connectivity index (χ2v) is 13.0. The largest absolute Gasteiger partial charge is 0.459 e. The molecule has 2 heterocycles. The highest BCUT2D eigenvalue weighted by Gasteiger charge is 2.68. The Bertz CT molecular complexity index is 994. The first-order valence-corrected chi connectivity index (χ1v) is 13.5. The van der Waals surface area contributed by atoms with Crippen LogP contribution in [-0.4, -0.2) is 40.8 Å². The molecule has 6 aliphatic rings. The van der Waals surface area contributed by atoms with E-state index in [1.165, 1.54) is 11.1 Å². The van der Waals surface area contributed by atoms with Gasteiger partial charge in [0.1, 0.15) is 17.5 Å². The van der Waals surface area contributed by atoms with E-state index in [4.69, 9.17) is 9.47 Å². The molecule has 0 unspecified atom stereocenters. The molecule has 5 nitrogen and oxygen atoms in total. The molecule has 4 aliphatic carbocycles. The number of carbonyl (C=O) groups is 2. The van der Waals surface area contributed by atoms with Gasteiger partial charge >= 0.3 is 5.97 Å². The van der Waals surface area contributed by atoms with Crippen molar-refractivity contribution in [2.45, 2.75) is 103 Å². The average molecular weight is 469 g/mol. The van der Waals surface area contributed by atoms with Crippen molar-refractivity contribution < 1.29 is 24.2 Å². The van der Waals surface area contributed by atoms with E-state index in [9.17, 15) is 14.7 Å². The molecule has 2 saturated heterocycles. The molecule has 34 heavy (non-hydrogen) atoms. The van der Waals surface area contributed by atoms with Crippen molar-refractivity contribution in [3.63, 3.8) is 0 Å². The standard InChI is InChI=1S/C29H40O5/c1-15(2)29(16(3)34-29)24-13-20(26(32)33-24)25-23(31)14-22-19-7-6-17-12-18(30)8-10-27(17,4)21(19)9-11-28(22,25)5/h7,9,15-18,20,22,24-25,30H,6,8,10-14H2,1-5H3/t16-,17-,18-,20-,22-,24+,25-,27-,28-,29+/m0/s1. The molecule has 2 aliphatic heterocycles. The molecule has 1 N–H and O–H groups in total. The zero-order valence-corrected chi connectivity index (χ0v) is 21.3. The Morgan fingerprint density at radius 2 is 1.88 bits per heavy atom. The molecular formula is C29H40O5. The Balaban J connectivity index is 1.30. The second-order valence-electron chi connectivity index (χ2n) is 13.0. The molecule has 6 rings (SSSR count). The predicted octanol–water partition coefficient (Wildman–Crippen LogP) is 4.77. The summed E-state index contributed by atoms with van der Waals surface area (Å²) in [7, 11) is 0. The molecule has 0 aromatic rings. The van der Waals surface area contributed by atoms with Crippen LogP contribution in [0.25, 0.3) is 0 Å². The minimum absolute atomic E-state index is 0.0851. The number of esters is 1. The number of hydrogen-bond acceptors (Lipinski definition) is 5. The van der Waals surface area contributed by atoms with Gasteiger partial charge in [0.25, 0.3) is 0 Å². The van der Waals surface area contributed by atoms with Crippen molar-refractivity contribution in [3.8, 4) is 0 Å². The lowest BCUT2D eigenvalue weighted by Crippen LogP contribution is -2.45. The number of rotatable bonds is 3. The topological polar surface area (TPSA) is 76.1 Å². The van der Waals surface area contributed by atoms with Crippen molar-refractivity contribution in [1.29, 1.82) is 0 Å². The highest BCUT2D eigenvalue weighted by atomic mass is 16.7. The Kier molecular flexibility index (Phi) is 4.92. The summed E-state index contributed by atoms with van der Waals surface area (Å²) in [5.74, 6) is 0.293. The van der Waals surface area contributed by atoms with Gasteiger partial charge in [-0.2, -0.15) is 0 Å². The van der Waals surface area contributed by atoms with E-state index < -0.39 is 5.60 Å². The van der Waals surface area contributed by atoms with Gasteiger partial charge in [0, 0.05) is 18.8 Å². The molecule has 186 valence electrons. The normalized spacial score (nSPS) is 51.9. The Hall–Kier alpha value is -1.46. The summed E-state index contributed by atoms with van der Waals surface area (Å²) in [6, 6.07) is 0. The molecule has 10 atom stereocenters. The van der Waals surface area contributed by atoms with Crippen LogP contribution in [0.2, 0.25) is 0 Å². The smallest absolute Gasteiger partial charge is 0.310 e. The third-order valence-corrected chi connectivity index (χ3v) is 11.2. The van der Waals surface area contributed by atoms with E-state index in [2.05, 4.69) is 46.8 Å². The third kappa shape index (κ3) is 2.86. The van der Waals surface area contributed by atoms with Crippen molar-refractivity contribution in [3.05, 3.63) is 23.3 Å². The molecule has 4 fully saturated rings. The van der Waals surface area contributed by atoms with E-state index in [1.54, 1.807) is 0 Å². The molecular weight excluding hydrogens is 428 g/mol. The summed E-state index contributed by atoms with van der Waals surface area (Å²) in [5, 5.41) is 10.3. The number of aliphatic hydroxyl groups excluding tert-OH is 1. The van der Waals surface area contributed by atoms with Gasteiger partial charge in [-0.05, 0) is 78.8 Å². The number of fused-ring (bicyclic) bond motifs is 5. The first kappa shape index (κ1) is 23.0. The monoisotopic (exact) mass is 468 g/mol. The van der Waals surface area contributed by atoms with Gasteiger partial charge in [-0.25, -0.2) is 0 Å². The Labute approximate surface area is 203 Å². The second kappa shape index (κ2) is 7.29. The van der Waals surface area contributed by atoms with Crippen LogP contribution in [0.1, 0.15) is 79.6 Å². The number of aliphatic hydroxyl groups is 1. The third-order valence-electron chi connectivity index (χ3n) is 11.2. The number of cyclic esters (lactones) is 1. The van der Waals surface area contributed by atoms with Crippen molar-refractivity contribution in [2.75, 3.05) is 0 Å². The van der Waals surface area contributed by atoms with E-state index in [1.807, 2.05) is 0 Å². The fraction of sp³-hybridized carbons (Fsp3) is 0.793. The summed E-state index contributed by atoms with van der Waals surface area (Å²) < 4.78 is 12.0. The highest BCUT2D eigenvalue weighted by Crippen LogP contribution is 2.65. The molecule has 0 aromatic carbocycles. The molecule has 0 aromatic heterocycles. The Morgan fingerprint density at radius 3 is 2.56 bits per heavy atom. The van der Waals surface area contributed by atoms with Gasteiger partial charge in [-0.1, -0.05) is 39.8 Å². The van der Waals surface area contributed by atoms with E-state index in [0.29, 0.717) is 18.8 Å². The minimum atomic E-state index is -0.396. The van der Waals surface area contributed by atoms with Crippen LogP contribution >= 0.6 is 0 Å². The minimum Gasteiger partial charge on any atom is -0.459 e. The zero-order valence-electron chi connectivity index (χ0n) is 21.3. The number of ketones is 1. The lowest BCUT2D eigenvalue weighted by Gasteiger charge is -2.53. The molecule has 2 saturated carbocycles. The fourth-order valence-corrected chi connectivity index (χ4v) is 9.10. The summed E-state index contributed by atoms with van der Waals surface area (Å²) >= 11 is 0. The number of Topliss-reactive ketones (excluding diaryl/α,β-unsaturated/α-hetero) is 1. The number of hydrogen-bond donors (Lipinski definition) is 1. The maximum Gasteiger partial charge on any atom is 0.310 e. The van der Waals surface area contributed by atoms with Gasteiger partial charge in [0.2, 0.25) is 0 Å². The van der Waals surface area contributed by atoms with Crippen molar-refractivity contribution in [2.24, 2.45) is 40.4 Å². The van der Waals surface area contributed by atoms with Gasteiger partial charge in [-0.15, -0.1) is 0 Å². The first-order chi connectivity index (χ1) is 16.0. The number of allylic oxidation sites excluding steroid dienone is 4. The molecule has 0 spiro atoms. The van der Waals surface area contributed by atoms with Crippen LogP contribution in [0.4, 0.5) is 0 Å². The summed E-state index contributed by atoms with van der Waals surface area (Å²) in [6.45, 7) is 10.9. The van der Waals surface area contributed by atoms with Crippen molar-refractivity contribution >= 4 is 11.8 Å². The van der Waals surface area contributed by atoms with Crippen LogP contribution in [0, 0.1) is 40.4 Å². The van der Waals surface area contributed by atoms with Crippen LogP contribution < -0.4 is 0 Å². The average Bonchev–Trinajstić information content (AvgIpc) is 3.21. The molecule has 0 radical (unpaired) electrons. The molecule has 5 heteroatoms. The fourth-order valence-electron chi connectivity index (χ4n) is 9.10. The van der Waals surface area contributed by atoms with Crippen LogP contribution in [-0.2, 0) is 19.1 Å². The van der Waals surface area contributed by atoms with Gasteiger partial charge in [0.05, 0.1) is 18.1 Å². The summed E-state index contributed by atoms with van der Waals surface area (Å²) in [4.78, 5) is 26.8. The molecule has 0 amide bonds. The predicted molar refractivity (Wildman–Crippen MR) is 128 cm³/mol. The highest BCUT2D eigenvalue weighted by molar-refractivity contribution is 5.91. The van der Waals surface area contributed by atoms with E-state index >= 15 is 0 Å². The lowest BCUT2D eigenvalue weighted by molar-refractivity contribution is -0.150. The molecule has 0 bridgehead atoms. The maximum atomic E-state index is 13.6.